The maximum Gasteiger partial charge on any atom is 0.246 e. The summed E-state index contributed by atoms with van der Waals surface area (Å²) in [5.74, 6) is 0.945. The third kappa shape index (κ3) is 3.10. The van der Waals surface area contributed by atoms with Crippen molar-refractivity contribution in [3.8, 4) is 5.75 Å². The molecule has 1 fully saturated rings. The zero-order valence-corrected chi connectivity index (χ0v) is 12.1. The molecule has 1 heterocycles. The van der Waals surface area contributed by atoms with Gasteiger partial charge in [-0.2, -0.15) is 0 Å². The monoisotopic (exact) mass is 287 g/mol. The van der Waals surface area contributed by atoms with Gasteiger partial charge in [0.2, 0.25) is 5.91 Å². The van der Waals surface area contributed by atoms with Crippen LogP contribution < -0.4 is 4.74 Å². The minimum atomic E-state index is -0.00880. The van der Waals surface area contributed by atoms with Crippen LogP contribution in [0.4, 0.5) is 0 Å². The molecule has 3 rings (SSSR count). The molecule has 1 saturated carbocycles. The number of amides is 1. The van der Waals surface area contributed by atoms with Crippen molar-refractivity contribution in [1.82, 2.24) is 4.90 Å². The molecule has 1 aliphatic heterocycles. The smallest absolute Gasteiger partial charge is 0.246 e. The summed E-state index contributed by atoms with van der Waals surface area (Å²) in [6.45, 7) is 1.19. The number of aliphatic hydroxyl groups excluding tert-OH is 1. The van der Waals surface area contributed by atoms with E-state index in [1.807, 2.05) is 18.2 Å². The third-order valence-electron chi connectivity index (χ3n) is 4.27. The Morgan fingerprint density at radius 3 is 3.00 bits per heavy atom. The van der Waals surface area contributed by atoms with E-state index in [1.165, 1.54) is 12.0 Å². The van der Waals surface area contributed by atoms with Gasteiger partial charge < -0.3 is 14.7 Å². The Labute approximate surface area is 125 Å². The molecule has 1 amide bonds. The average Bonchev–Trinajstić information content (AvgIpc) is 2.89. The average molecular weight is 287 g/mol. The fraction of sp³-hybridized carbons (Fsp3) is 0.471. The van der Waals surface area contributed by atoms with Gasteiger partial charge in [0, 0.05) is 25.1 Å². The fourth-order valence-corrected chi connectivity index (χ4v) is 2.85. The van der Waals surface area contributed by atoms with Gasteiger partial charge in [0.1, 0.15) is 5.75 Å². The summed E-state index contributed by atoms with van der Waals surface area (Å²) in [7, 11) is 0. The highest BCUT2D eigenvalue weighted by molar-refractivity contribution is 5.92. The second kappa shape index (κ2) is 6.31. The Balaban J connectivity index is 1.67. The van der Waals surface area contributed by atoms with Gasteiger partial charge >= 0.3 is 0 Å². The predicted octanol–water partition coefficient (Wildman–Crippen LogP) is 2.01. The summed E-state index contributed by atoms with van der Waals surface area (Å²) in [6, 6.07) is 6.31. The van der Waals surface area contributed by atoms with E-state index in [1.54, 1.807) is 11.0 Å². The minimum Gasteiger partial charge on any atom is -0.493 e. The predicted molar refractivity (Wildman–Crippen MR) is 81.1 cm³/mol. The largest absolute Gasteiger partial charge is 0.493 e. The molecule has 0 bridgehead atoms. The van der Waals surface area contributed by atoms with Crippen LogP contribution in [0, 0.1) is 0 Å². The van der Waals surface area contributed by atoms with Crippen LogP contribution in [0.1, 0.15) is 30.4 Å². The maximum atomic E-state index is 12.3. The molecule has 1 aliphatic carbocycles. The Morgan fingerprint density at radius 1 is 1.43 bits per heavy atom. The number of hydrogen-bond donors (Lipinski definition) is 1. The van der Waals surface area contributed by atoms with Crippen LogP contribution in [0.5, 0.6) is 5.75 Å². The Kier molecular flexibility index (Phi) is 4.25. The summed E-state index contributed by atoms with van der Waals surface area (Å²) in [6.07, 6.45) is 7.68. The lowest BCUT2D eigenvalue weighted by molar-refractivity contribution is -0.130. The zero-order chi connectivity index (χ0) is 14.7. The molecular formula is C17H21NO3. The van der Waals surface area contributed by atoms with Crippen LogP contribution in [0.25, 0.3) is 6.08 Å². The highest BCUT2D eigenvalue weighted by atomic mass is 16.5. The van der Waals surface area contributed by atoms with Gasteiger partial charge in [-0.25, -0.2) is 0 Å². The molecule has 0 aromatic heterocycles. The molecule has 0 spiro atoms. The molecular weight excluding hydrogens is 266 g/mol. The van der Waals surface area contributed by atoms with E-state index in [0.29, 0.717) is 12.6 Å². The van der Waals surface area contributed by atoms with Crippen molar-refractivity contribution >= 4 is 12.0 Å². The van der Waals surface area contributed by atoms with Crippen molar-refractivity contribution in [2.45, 2.75) is 31.7 Å². The number of nitrogens with zero attached hydrogens (tertiary/aromatic N) is 1. The first-order chi connectivity index (χ1) is 10.3. The van der Waals surface area contributed by atoms with Crippen molar-refractivity contribution in [1.29, 1.82) is 0 Å². The first-order valence-corrected chi connectivity index (χ1v) is 7.63. The fourth-order valence-electron chi connectivity index (χ4n) is 2.85. The third-order valence-corrected chi connectivity index (χ3v) is 4.27. The van der Waals surface area contributed by atoms with Gasteiger partial charge in [-0.15, -0.1) is 0 Å². The van der Waals surface area contributed by atoms with Crippen molar-refractivity contribution in [3.63, 3.8) is 0 Å². The van der Waals surface area contributed by atoms with E-state index < -0.39 is 0 Å². The van der Waals surface area contributed by atoms with Crippen LogP contribution in [0.3, 0.4) is 0 Å². The van der Waals surface area contributed by atoms with E-state index in [0.717, 1.165) is 37.2 Å². The molecule has 0 atom stereocenters. The maximum absolute atomic E-state index is 12.3. The second-order valence-electron chi connectivity index (χ2n) is 5.64. The Morgan fingerprint density at radius 2 is 2.29 bits per heavy atom. The SMILES string of the molecule is O=C(/C=C/c1ccc2c(c1)CCO2)N(CCO)C1CCC1. The van der Waals surface area contributed by atoms with Crippen LogP contribution in [0.15, 0.2) is 24.3 Å². The molecule has 0 unspecified atom stereocenters. The lowest BCUT2D eigenvalue weighted by Gasteiger charge is -2.36. The standard InChI is InChI=1S/C17H21NO3/c19-10-9-18(15-2-1-3-15)17(20)7-5-13-4-6-16-14(12-13)8-11-21-16/h4-7,12,15,19H,1-3,8-11H2/b7-5+. The number of carbonyl (C=O) groups is 1. The quantitative estimate of drug-likeness (QED) is 0.843. The summed E-state index contributed by atoms with van der Waals surface area (Å²) < 4.78 is 5.48. The van der Waals surface area contributed by atoms with Crippen LogP contribution in [-0.4, -0.2) is 41.7 Å². The summed E-state index contributed by atoms with van der Waals surface area (Å²) in [4.78, 5) is 14.1. The number of ether oxygens (including phenoxy) is 1. The lowest BCUT2D eigenvalue weighted by Crippen LogP contribution is -2.44. The number of carbonyl (C=O) groups excluding carboxylic acids is 1. The second-order valence-corrected chi connectivity index (χ2v) is 5.64. The number of hydrogen-bond acceptors (Lipinski definition) is 3. The summed E-state index contributed by atoms with van der Waals surface area (Å²) >= 11 is 0. The lowest BCUT2D eigenvalue weighted by atomic mass is 9.91. The van der Waals surface area contributed by atoms with Gasteiger partial charge in [-0.3, -0.25) is 4.79 Å². The molecule has 4 heteroatoms. The number of benzene rings is 1. The molecule has 0 radical (unpaired) electrons. The highest BCUT2D eigenvalue weighted by Gasteiger charge is 2.26. The Bertz CT molecular complexity index is 549. The summed E-state index contributed by atoms with van der Waals surface area (Å²) in [5.41, 5.74) is 2.22. The topological polar surface area (TPSA) is 49.8 Å². The molecule has 4 nitrogen and oxygen atoms in total. The first kappa shape index (κ1) is 14.1. The zero-order valence-electron chi connectivity index (χ0n) is 12.1. The van der Waals surface area contributed by atoms with E-state index in [2.05, 4.69) is 6.07 Å². The molecule has 1 N–H and O–H groups in total. The van der Waals surface area contributed by atoms with Crippen molar-refractivity contribution < 1.29 is 14.6 Å². The van der Waals surface area contributed by atoms with Crippen LogP contribution in [0.2, 0.25) is 0 Å². The van der Waals surface area contributed by atoms with Gasteiger partial charge in [-0.05, 0) is 48.6 Å². The van der Waals surface area contributed by atoms with E-state index in [4.69, 9.17) is 9.84 Å². The van der Waals surface area contributed by atoms with E-state index >= 15 is 0 Å². The molecule has 0 saturated heterocycles. The molecule has 112 valence electrons. The molecule has 1 aromatic rings. The van der Waals surface area contributed by atoms with E-state index in [9.17, 15) is 4.79 Å². The van der Waals surface area contributed by atoms with Crippen LogP contribution in [-0.2, 0) is 11.2 Å². The van der Waals surface area contributed by atoms with Crippen molar-refractivity contribution in [2.75, 3.05) is 19.8 Å². The van der Waals surface area contributed by atoms with Crippen molar-refractivity contribution in [3.05, 3.63) is 35.4 Å². The summed E-state index contributed by atoms with van der Waals surface area (Å²) in [5, 5.41) is 9.11. The van der Waals surface area contributed by atoms with Gasteiger partial charge in [-0.1, -0.05) is 6.07 Å². The van der Waals surface area contributed by atoms with Gasteiger partial charge in [0.15, 0.2) is 0 Å². The highest BCUT2D eigenvalue weighted by Crippen LogP contribution is 2.27. The molecule has 1 aromatic carbocycles. The normalized spacial score (nSPS) is 17.4. The number of aliphatic hydroxyl groups is 1. The first-order valence-electron chi connectivity index (χ1n) is 7.63. The molecule has 21 heavy (non-hydrogen) atoms. The minimum absolute atomic E-state index is 0.00880. The van der Waals surface area contributed by atoms with Gasteiger partial charge in [0.25, 0.3) is 0 Å². The number of rotatable bonds is 5. The molecule has 2 aliphatic rings. The van der Waals surface area contributed by atoms with Crippen molar-refractivity contribution in [2.24, 2.45) is 0 Å². The Hall–Kier alpha value is -1.81. The number of fused-ring (bicyclic) bond motifs is 1. The van der Waals surface area contributed by atoms with Crippen LogP contribution >= 0.6 is 0 Å². The van der Waals surface area contributed by atoms with E-state index in [-0.39, 0.29) is 12.5 Å². The van der Waals surface area contributed by atoms with Gasteiger partial charge in [0.05, 0.1) is 13.2 Å².